The summed E-state index contributed by atoms with van der Waals surface area (Å²) in [6.45, 7) is 8.55. The van der Waals surface area contributed by atoms with Crippen LogP contribution in [-0.2, 0) is 0 Å². The number of piperazine rings is 1. The lowest BCUT2D eigenvalue weighted by Crippen LogP contribution is -2.48. The van der Waals surface area contributed by atoms with Crippen LogP contribution in [0.1, 0.15) is 22.8 Å². The molecule has 3 aromatic rings. The van der Waals surface area contributed by atoms with Crippen molar-refractivity contribution in [2.45, 2.75) is 13.8 Å². The van der Waals surface area contributed by atoms with E-state index in [9.17, 15) is 4.79 Å². The van der Waals surface area contributed by atoms with Gasteiger partial charge in [-0.3, -0.25) is 4.79 Å². The summed E-state index contributed by atoms with van der Waals surface area (Å²) in [6.07, 6.45) is 0. The van der Waals surface area contributed by atoms with E-state index in [1.54, 1.807) is 0 Å². The predicted octanol–water partition coefficient (Wildman–Crippen LogP) is 3.38. The van der Waals surface area contributed by atoms with Crippen LogP contribution in [0.4, 0.5) is 0 Å². The van der Waals surface area contributed by atoms with Crippen molar-refractivity contribution in [3.8, 4) is 11.3 Å². The van der Waals surface area contributed by atoms with Crippen molar-refractivity contribution in [2.75, 3.05) is 32.7 Å². The van der Waals surface area contributed by atoms with E-state index in [4.69, 9.17) is 0 Å². The van der Waals surface area contributed by atoms with Crippen LogP contribution in [-0.4, -0.2) is 58.6 Å². The third kappa shape index (κ3) is 3.43. The molecule has 138 valence electrons. The maximum atomic E-state index is 13.6. The highest BCUT2D eigenvalue weighted by molar-refractivity contribution is 6.10. The Labute approximate surface area is 159 Å². The first kappa shape index (κ1) is 17.6. The SMILES string of the molecule is CCN1CCN(C(=O)c2c(-c3ccccc3)nnc3ccc(C)cc23)CC1. The van der Waals surface area contributed by atoms with E-state index < -0.39 is 0 Å². The molecule has 0 radical (unpaired) electrons. The minimum atomic E-state index is 0.0510. The molecule has 2 aromatic carbocycles. The lowest BCUT2D eigenvalue weighted by atomic mass is 9.99. The summed E-state index contributed by atoms with van der Waals surface area (Å²) in [5.41, 5.74) is 4.12. The number of hydrogen-bond donors (Lipinski definition) is 0. The number of carbonyl (C=O) groups excluding carboxylic acids is 1. The maximum Gasteiger partial charge on any atom is 0.256 e. The molecular formula is C22H24N4O. The zero-order valence-corrected chi connectivity index (χ0v) is 15.9. The molecule has 5 heteroatoms. The number of likely N-dealkylation sites (N-methyl/N-ethyl adjacent to an activating group) is 1. The third-order valence-electron chi connectivity index (χ3n) is 5.28. The Morgan fingerprint density at radius 1 is 1.00 bits per heavy atom. The van der Waals surface area contributed by atoms with E-state index in [0.29, 0.717) is 11.3 Å². The molecule has 0 saturated carbocycles. The van der Waals surface area contributed by atoms with Crippen LogP contribution in [0.15, 0.2) is 48.5 Å². The molecule has 1 aliphatic rings. The van der Waals surface area contributed by atoms with Crippen LogP contribution in [0.25, 0.3) is 22.2 Å². The third-order valence-corrected chi connectivity index (χ3v) is 5.28. The fourth-order valence-electron chi connectivity index (χ4n) is 3.66. The molecule has 0 spiro atoms. The summed E-state index contributed by atoms with van der Waals surface area (Å²) < 4.78 is 0. The molecule has 2 heterocycles. The molecule has 1 fully saturated rings. The zero-order chi connectivity index (χ0) is 18.8. The number of amides is 1. The molecule has 0 atom stereocenters. The first-order valence-electron chi connectivity index (χ1n) is 9.51. The van der Waals surface area contributed by atoms with Crippen LogP contribution in [0, 0.1) is 6.92 Å². The fourth-order valence-corrected chi connectivity index (χ4v) is 3.66. The molecule has 1 aromatic heterocycles. The minimum Gasteiger partial charge on any atom is -0.336 e. The number of rotatable bonds is 3. The second-order valence-electron chi connectivity index (χ2n) is 7.04. The van der Waals surface area contributed by atoms with Gasteiger partial charge in [-0.1, -0.05) is 48.9 Å². The van der Waals surface area contributed by atoms with Crippen molar-refractivity contribution in [3.63, 3.8) is 0 Å². The summed E-state index contributed by atoms with van der Waals surface area (Å²) in [5, 5.41) is 9.71. The summed E-state index contributed by atoms with van der Waals surface area (Å²) in [4.78, 5) is 17.9. The van der Waals surface area contributed by atoms with Crippen molar-refractivity contribution >= 4 is 16.8 Å². The van der Waals surface area contributed by atoms with Crippen molar-refractivity contribution in [1.82, 2.24) is 20.0 Å². The van der Waals surface area contributed by atoms with E-state index in [1.807, 2.05) is 60.4 Å². The normalized spacial score (nSPS) is 15.3. The molecule has 1 saturated heterocycles. The quantitative estimate of drug-likeness (QED) is 0.718. The Bertz CT molecular complexity index is 963. The number of aryl methyl sites for hydroxylation is 1. The number of aromatic nitrogens is 2. The summed E-state index contributed by atoms with van der Waals surface area (Å²) in [7, 11) is 0. The summed E-state index contributed by atoms with van der Waals surface area (Å²) in [5.74, 6) is 0.0510. The number of carbonyl (C=O) groups is 1. The zero-order valence-electron chi connectivity index (χ0n) is 15.9. The average molecular weight is 360 g/mol. The smallest absolute Gasteiger partial charge is 0.256 e. The largest absolute Gasteiger partial charge is 0.336 e. The Kier molecular flexibility index (Phi) is 4.86. The maximum absolute atomic E-state index is 13.6. The number of nitrogens with zero attached hydrogens (tertiary/aromatic N) is 4. The van der Waals surface area contributed by atoms with E-state index in [-0.39, 0.29) is 5.91 Å². The van der Waals surface area contributed by atoms with Gasteiger partial charge in [-0.05, 0) is 25.6 Å². The van der Waals surface area contributed by atoms with Crippen LogP contribution in [0.2, 0.25) is 0 Å². The molecule has 5 nitrogen and oxygen atoms in total. The van der Waals surface area contributed by atoms with Gasteiger partial charge in [0.05, 0.1) is 11.1 Å². The number of benzene rings is 2. The van der Waals surface area contributed by atoms with Crippen LogP contribution < -0.4 is 0 Å². The second-order valence-corrected chi connectivity index (χ2v) is 7.04. The Morgan fingerprint density at radius 2 is 1.74 bits per heavy atom. The molecule has 0 bridgehead atoms. The van der Waals surface area contributed by atoms with Gasteiger partial charge in [-0.25, -0.2) is 0 Å². The predicted molar refractivity (Wildman–Crippen MR) is 108 cm³/mol. The first-order chi connectivity index (χ1) is 13.2. The van der Waals surface area contributed by atoms with Crippen LogP contribution in [0.5, 0.6) is 0 Å². The van der Waals surface area contributed by atoms with Gasteiger partial charge in [0.1, 0.15) is 5.69 Å². The Morgan fingerprint density at radius 3 is 2.44 bits per heavy atom. The molecule has 4 rings (SSSR count). The van der Waals surface area contributed by atoms with Gasteiger partial charge in [0.25, 0.3) is 5.91 Å². The summed E-state index contributed by atoms with van der Waals surface area (Å²) >= 11 is 0. The van der Waals surface area contributed by atoms with E-state index in [2.05, 4.69) is 22.0 Å². The van der Waals surface area contributed by atoms with Crippen molar-refractivity contribution in [3.05, 3.63) is 59.7 Å². The van der Waals surface area contributed by atoms with Gasteiger partial charge in [0.2, 0.25) is 0 Å². The molecule has 27 heavy (non-hydrogen) atoms. The minimum absolute atomic E-state index is 0.0510. The van der Waals surface area contributed by atoms with E-state index in [1.165, 1.54) is 0 Å². The van der Waals surface area contributed by atoms with Crippen LogP contribution >= 0.6 is 0 Å². The molecule has 0 aliphatic carbocycles. The van der Waals surface area contributed by atoms with Crippen LogP contribution in [0.3, 0.4) is 0 Å². The van der Waals surface area contributed by atoms with Crippen molar-refractivity contribution < 1.29 is 4.79 Å². The topological polar surface area (TPSA) is 49.3 Å². The van der Waals surface area contributed by atoms with Crippen molar-refractivity contribution in [2.24, 2.45) is 0 Å². The standard InChI is InChI=1S/C22H24N4O/c1-3-25-11-13-26(14-12-25)22(27)20-18-15-16(2)9-10-19(18)23-24-21(20)17-7-5-4-6-8-17/h4-10,15H,3,11-14H2,1-2H3. The highest BCUT2D eigenvalue weighted by atomic mass is 16.2. The Balaban J connectivity index is 1.83. The fraction of sp³-hybridized carbons (Fsp3) is 0.318. The highest BCUT2D eigenvalue weighted by Crippen LogP contribution is 2.29. The lowest BCUT2D eigenvalue weighted by Gasteiger charge is -2.34. The van der Waals surface area contributed by atoms with E-state index >= 15 is 0 Å². The molecule has 1 amide bonds. The average Bonchev–Trinajstić information content (AvgIpc) is 2.73. The molecule has 1 aliphatic heterocycles. The first-order valence-corrected chi connectivity index (χ1v) is 9.51. The Hall–Kier alpha value is -2.79. The molecular weight excluding hydrogens is 336 g/mol. The van der Waals surface area contributed by atoms with Gasteiger partial charge < -0.3 is 9.80 Å². The monoisotopic (exact) mass is 360 g/mol. The van der Waals surface area contributed by atoms with Gasteiger partial charge in [-0.15, -0.1) is 10.2 Å². The lowest BCUT2D eigenvalue weighted by molar-refractivity contribution is 0.0645. The molecule has 0 N–H and O–H groups in total. The van der Waals surface area contributed by atoms with Crippen molar-refractivity contribution in [1.29, 1.82) is 0 Å². The number of fused-ring (bicyclic) bond motifs is 1. The number of hydrogen-bond acceptors (Lipinski definition) is 4. The van der Waals surface area contributed by atoms with Gasteiger partial charge >= 0.3 is 0 Å². The van der Waals surface area contributed by atoms with Gasteiger partial charge in [-0.2, -0.15) is 0 Å². The van der Waals surface area contributed by atoms with Gasteiger partial charge in [0, 0.05) is 37.1 Å². The highest BCUT2D eigenvalue weighted by Gasteiger charge is 2.26. The van der Waals surface area contributed by atoms with E-state index in [0.717, 1.165) is 54.8 Å². The second kappa shape index (κ2) is 7.45. The van der Waals surface area contributed by atoms with Gasteiger partial charge in [0.15, 0.2) is 0 Å². The summed E-state index contributed by atoms with van der Waals surface area (Å²) in [6, 6.07) is 15.9. The molecule has 0 unspecified atom stereocenters.